The van der Waals surface area contributed by atoms with Crippen LogP contribution in [0.2, 0.25) is 0 Å². The summed E-state index contributed by atoms with van der Waals surface area (Å²) < 4.78 is 15.6. The average molecular weight is 492 g/mol. The fraction of sp³-hybridized carbons (Fsp3) is 0.0800. The van der Waals surface area contributed by atoms with Gasteiger partial charge in [-0.25, -0.2) is 0 Å². The lowest BCUT2D eigenvalue weighted by molar-refractivity contribution is 0.503. The third-order valence-corrected chi connectivity index (χ3v) is 8.40. The van der Waals surface area contributed by atoms with Crippen LogP contribution in [0.25, 0.3) is 0 Å². The van der Waals surface area contributed by atoms with E-state index in [4.69, 9.17) is 5.73 Å². The largest absolute Gasteiger partial charge is 0.321 e. The zero-order valence-electron chi connectivity index (χ0n) is 16.8. The fourth-order valence-corrected chi connectivity index (χ4v) is 6.29. The first kappa shape index (κ1) is 21.7. The third-order valence-electron chi connectivity index (χ3n) is 5.18. The summed E-state index contributed by atoms with van der Waals surface area (Å²) in [5.74, 6) is 0. The molecule has 156 valence electrons. The molecule has 2 unspecified atom stereocenters. The summed E-state index contributed by atoms with van der Waals surface area (Å²) in [5, 5.41) is 4.94. The maximum Gasteiger partial charge on any atom is 0.205 e. The van der Waals surface area contributed by atoms with Gasteiger partial charge in [0.25, 0.3) is 0 Å². The van der Waals surface area contributed by atoms with E-state index in [0.717, 1.165) is 26.3 Å². The highest BCUT2D eigenvalue weighted by molar-refractivity contribution is 9.10. The number of nitrogens with one attached hydrogen (secondary N) is 1. The van der Waals surface area contributed by atoms with E-state index in [1.54, 1.807) is 6.20 Å². The van der Waals surface area contributed by atoms with Gasteiger partial charge >= 0.3 is 0 Å². The van der Waals surface area contributed by atoms with Gasteiger partial charge in [-0.05, 0) is 54.1 Å². The third kappa shape index (κ3) is 4.86. The van der Waals surface area contributed by atoms with Crippen molar-refractivity contribution in [1.82, 2.24) is 10.1 Å². The van der Waals surface area contributed by atoms with Crippen LogP contribution in [-0.2, 0) is 4.57 Å². The van der Waals surface area contributed by atoms with Crippen LogP contribution >= 0.6 is 23.2 Å². The minimum atomic E-state index is -3.20. The Kier molecular flexibility index (Phi) is 6.79. The summed E-state index contributed by atoms with van der Waals surface area (Å²) in [6.45, 7) is 0. The van der Waals surface area contributed by atoms with E-state index < -0.39 is 19.4 Å². The first-order valence-electron chi connectivity index (χ1n) is 9.99. The second-order valence-electron chi connectivity index (χ2n) is 7.22. The summed E-state index contributed by atoms with van der Waals surface area (Å²) in [6.07, 6.45) is 1.72. The highest BCUT2D eigenvalue weighted by Crippen LogP contribution is 2.44. The van der Waals surface area contributed by atoms with Crippen LogP contribution in [0.15, 0.2) is 114 Å². The normalized spacial score (nSPS) is 13.5. The number of halogens is 1. The molecule has 0 aliphatic rings. The molecule has 4 aromatic rings. The van der Waals surface area contributed by atoms with Gasteiger partial charge < -0.3 is 5.73 Å². The molecule has 0 bridgehead atoms. The molecule has 1 aromatic heterocycles. The van der Waals surface area contributed by atoms with Crippen LogP contribution in [0.1, 0.15) is 23.3 Å². The Morgan fingerprint density at radius 1 is 0.774 bits per heavy atom. The van der Waals surface area contributed by atoms with E-state index in [1.807, 2.05) is 103 Å². The summed E-state index contributed by atoms with van der Waals surface area (Å²) in [4.78, 5) is 4.45. The van der Waals surface area contributed by atoms with Crippen LogP contribution in [0, 0.1) is 0 Å². The molecular formula is C25H23BrN3OP. The minimum Gasteiger partial charge on any atom is -0.321 e. The van der Waals surface area contributed by atoms with E-state index in [0.29, 0.717) is 0 Å². The second-order valence-corrected chi connectivity index (χ2v) is 10.6. The molecule has 0 aliphatic carbocycles. The predicted molar refractivity (Wildman–Crippen MR) is 131 cm³/mol. The van der Waals surface area contributed by atoms with Crippen LogP contribution in [-0.4, -0.2) is 4.98 Å². The molecule has 6 heteroatoms. The number of nitrogens with zero attached hydrogens (tertiary/aromatic N) is 1. The molecule has 0 spiro atoms. The van der Waals surface area contributed by atoms with Crippen LogP contribution in [0.4, 0.5) is 0 Å². The van der Waals surface area contributed by atoms with Crippen molar-refractivity contribution >= 4 is 33.8 Å². The van der Waals surface area contributed by atoms with E-state index in [1.165, 1.54) is 0 Å². The molecular weight excluding hydrogens is 469 g/mol. The van der Waals surface area contributed by atoms with E-state index in [9.17, 15) is 4.57 Å². The van der Waals surface area contributed by atoms with Gasteiger partial charge in [0.1, 0.15) is 0 Å². The lowest BCUT2D eigenvalue weighted by atomic mass is 9.98. The van der Waals surface area contributed by atoms with Gasteiger partial charge in [0.15, 0.2) is 0 Å². The van der Waals surface area contributed by atoms with Crippen molar-refractivity contribution in [3.8, 4) is 0 Å². The standard InChI is InChI=1S/C25H23BrN3OP/c26-20-16-14-19(15-17-20)25(24(27)23-13-7-8-18-28-23)29-31(30,21-9-3-1-4-10-21)22-11-5-2-6-12-22/h1-18,24-25H,27H2,(H,29,30). The van der Waals surface area contributed by atoms with Gasteiger partial charge in [-0.15, -0.1) is 0 Å². The Bertz CT molecular complexity index is 1110. The van der Waals surface area contributed by atoms with Gasteiger partial charge in [-0.2, -0.15) is 0 Å². The first-order chi connectivity index (χ1) is 15.1. The first-order valence-corrected chi connectivity index (χ1v) is 12.5. The lowest BCUT2D eigenvalue weighted by Crippen LogP contribution is -2.36. The highest BCUT2D eigenvalue weighted by Gasteiger charge is 2.34. The molecule has 4 nitrogen and oxygen atoms in total. The second kappa shape index (κ2) is 9.71. The molecule has 3 aromatic carbocycles. The van der Waals surface area contributed by atoms with Gasteiger partial charge in [-0.3, -0.25) is 14.6 Å². The quantitative estimate of drug-likeness (QED) is 0.352. The summed E-state index contributed by atoms with van der Waals surface area (Å²) in [7, 11) is -3.20. The Morgan fingerprint density at radius 2 is 1.32 bits per heavy atom. The lowest BCUT2D eigenvalue weighted by Gasteiger charge is -2.31. The fourth-order valence-electron chi connectivity index (χ4n) is 3.55. The zero-order valence-corrected chi connectivity index (χ0v) is 19.3. The van der Waals surface area contributed by atoms with Crippen molar-refractivity contribution in [2.75, 3.05) is 0 Å². The molecule has 0 saturated heterocycles. The van der Waals surface area contributed by atoms with Crippen molar-refractivity contribution in [1.29, 1.82) is 0 Å². The molecule has 4 rings (SSSR count). The Balaban J connectivity index is 1.83. The molecule has 0 amide bonds. The van der Waals surface area contributed by atoms with Gasteiger partial charge in [-0.1, -0.05) is 70.5 Å². The summed E-state index contributed by atoms with van der Waals surface area (Å²) in [6, 6.07) is 31.7. The number of benzene rings is 3. The maximum absolute atomic E-state index is 14.6. The summed E-state index contributed by atoms with van der Waals surface area (Å²) >= 11 is 3.49. The van der Waals surface area contributed by atoms with E-state index in [2.05, 4.69) is 26.0 Å². The Labute approximate surface area is 191 Å². The summed E-state index contributed by atoms with van der Waals surface area (Å²) in [5.41, 5.74) is 8.39. The van der Waals surface area contributed by atoms with Crippen molar-refractivity contribution < 1.29 is 4.57 Å². The molecule has 0 fully saturated rings. The van der Waals surface area contributed by atoms with Crippen LogP contribution in [0.5, 0.6) is 0 Å². The predicted octanol–water partition coefficient (Wildman–Crippen LogP) is 5.10. The number of hydrogen-bond donors (Lipinski definition) is 2. The van der Waals surface area contributed by atoms with E-state index >= 15 is 0 Å². The molecule has 3 N–H and O–H groups in total. The number of nitrogens with two attached hydrogens (primary N) is 1. The molecule has 1 heterocycles. The SMILES string of the molecule is NC(c1ccccn1)C(NP(=O)(c1ccccc1)c1ccccc1)c1ccc(Br)cc1. The number of hydrogen-bond acceptors (Lipinski definition) is 3. The molecule has 0 saturated carbocycles. The smallest absolute Gasteiger partial charge is 0.205 e. The average Bonchev–Trinajstić information content (AvgIpc) is 2.84. The maximum atomic E-state index is 14.6. The van der Waals surface area contributed by atoms with E-state index in [-0.39, 0.29) is 0 Å². The van der Waals surface area contributed by atoms with Gasteiger partial charge in [0, 0.05) is 21.3 Å². The molecule has 31 heavy (non-hydrogen) atoms. The minimum absolute atomic E-state index is 0.422. The Hall–Kier alpha value is -2.56. The van der Waals surface area contributed by atoms with Crippen molar-refractivity contribution in [2.24, 2.45) is 5.73 Å². The monoisotopic (exact) mass is 491 g/mol. The molecule has 0 radical (unpaired) electrons. The number of pyridine rings is 1. The Morgan fingerprint density at radius 3 is 1.84 bits per heavy atom. The zero-order chi connectivity index (χ0) is 21.7. The molecule has 0 aliphatic heterocycles. The van der Waals surface area contributed by atoms with Gasteiger partial charge in [0.2, 0.25) is 7.29 Å². The topological polar surface area (TPSA) is 68.0 Å². The van der Waals surface area contributed by atoms with Crippen molar-refractivity contribution in [2.45, 2.75) is 12.1 Å². The van der Waals surface area contributed by atoms with Crippen molar-refractivity contribution in [3.63, 3.8) is 0 Å². The van der Waals surface area contributed by atoms with Crippen LogP contribution in [0.3, 0.4) is 0 Å². The van der Waals surface area contributed by atoms with Crippen molar-refractivity contribution in [3.05, 3.63) is 125 Å². The van der Waals surface area contributed by atoms with Crippen LogP contribution < -0.4 is 21.4 Å². The number of aromatic nitrogens is 1. The van der Waals surface area contributed by atoms with Gasteiger partial charge in [0.05, 0.1) is 17.8 Å². The number of rotatable bonds is 7. The molecule has 2 atom stereocenters. The highest BCUT2D eigenvalue weighted by atomic mass is 79.9.